The Hall–Kier alpha value is -2.09. The number of aryl methyl sites for hydroxylation is 3. The van der Waals surface area contributed by atoms with Crippen LogP contribution in [-0.2, 0) is 0 Å². The Morgan fingerprint density at radius 3 is 2.11 bits per heavy atom. The average molecular weight is 239 g/mol. The number of hydrogen-bond donors (Lipinski definition) is 1. The van der Waals surface area contributed by atoms with Crippen LogP contribution >= 0.6 is 0 Å². The SMILES string of the molecule is Cc1ccc(NC(=O)c2ccc(C)cc2C)cc1. The molecule has 0 aliphatic rings. The third-order valence-corrected chi connectivity index (χ3v) is 2.94. The fraction of sp³-hybridized carbons (Fsp3) is 0.188. The minimum Gasteiger partial charge on any atom is -0.322 e. The summed E-state index contributed by atoms with van der Waals surface area (Å²) in [7, 11) is 0. The van der Waals surface area contributed by atoms with E-state index in [1.165, 1.54) is 11.1 Å². The van der Waals surface area contributed by atoms with Crippen LogP contribution in [0.25, 0.3) is 0 Å². The van der Waals surface area contributed by atoms with E-state index in [1.807, 2.05) is 63.2 Å². The van der Waals surface area contributed by atoms with Gasteiger partial charge in [0, 0.05) is 11.3 Å². The monoisotopic (exact) mass is 239 g/mol. The van der Waals surface area contributed by atoms with Crippen molar-refractivity contribution in [1.29, 1.82) is 0 Å². The molecule has 0 heterocycles. The zero-order valence-corrected chi connectivity index (χ0v) is 10.9. The maximum absolute atomic E-state index is 12.1. The Morgan fingerprint density at radius 2 is 1.50 bits per heavy atom. The highest BCUT2D eigenvalue weighted by molar-refractivity contribution is 6.05. The Kier molecular flexibility index (Phi) is 3.47. The first-order valence-corrected chi connectivity index (χ1v) is 6.01. The van der Waals surface area contributed by atoms with Gasteiger partial charge in [-0.05, 0) is 44.5 Å². The fourth-order valence-corrected chi connectivity index (χ4v) is 1.90. The van der Waals surface area contributed by atoms with Crippen molar-refractivity contribution in [2.75, 3.05) is 5.32 Å². The summed E-state index contributed by atoms with van der Waals surface area (Å²) in [6.45, 7) is 6.00. The van der Waals surface area contributed by atoms with Crippen LogP contribution in [0.1, 0.15) is 27.0 Å². The molecule has 2 aromatic carbocycles. The van der Waals surface area contributed by atoms with Crippen LogP contribution < -0.4 is 5.32 Å². The first-order chi connectivity index (χ1) is 8.56. The van der Waals surface area contributed by atoms with Gasteiger partial charge in [0.05, 0.1) is 0 Å². The number of rotatable bonds is 2. The zero-order chi connectivity index (χ0) is 13.1. The smallest absolute Gasteiger partial charge is 0.255 e. The van der Waals surface area contributed by atoms with Crippen LogP contribution in [0.15, 0.2) is 42.5 Å². The lowest BCUT2D eigenvalue weighted by atomic mass is 10.1. The summed E-state index contributed by atoms with van der Waals surface area (Å²) in [6, 6.07) is 13.6. The van der Waals surface area contributed by atoms with Crippen molar-refractivity contribution in [3.8, 4) is 0 Å². The van der Waals surface area contributed by atoms with E-state index in [-0.39, 0.29) is 5.91 Å². The Balaban J connectivity index is 2.19. The second kappa shape index (κ2) is 5.05. The normalized spacial score (nSPS) is 10.2. The van der Waals surface area contributed by atoms with Crippen LogP contribution in [0.4, 0.5) is 5.69 Å². The van der Waals surface area contributed by atoms with Crippen molar-refractivity contribution in [3.05, 3.63) is 64.7 Å². The van der Waals surface area contributed by atoms with Crippen molar-refractivity contribution in [2.24, 2.45) is 0 Å². The third kappa shape index (κ3) is 2.77. The minimum atomic E-state index is -0.0589. The molecule has 0 atom stereocenters. The summed E-state index contributed by atoms with van der Waals surface area (Å²) in [5.74, 6) is -0.0589. The van der Waals surface area contributed by atoms with E-state index in [9.17, 15) is 4.79 Å². The predicted molar refractivity (Wildman–Crippen MR) is 75.0 cm³/mol. The molecule has 2 aromatic rings. The second-order valence-corrected chi connectivity index (χ2v) is 4.64. The number of carbonyl (C=O) groups is 1. The largest absolute Gasteiger partial charge is 0.322 e. The topological polar surface area (TPSA) is 29.1 Å². The average Bonchev–Trinajstić information content (AvgIpc) is 2.32. The van der Waals surface area contributed by atoms with E-state index in [4.69, 9.17) is 0 Å². The molecular weight excluding hydrogens is 222 g/mol. The van der Waals surface area contributed by atoms with Crippen LogP contribution in [0.5, 0.6) is 0 Å². The molecule has 92 valence electrons. The minimum absolute atomic E-state index is 0.0589. The summed E-state index contributed by atoms with van der Waals surface area (Å²) < 4.78 is 0. The zero-order valence-electron chi connectivity index (χ0n) is 10.9. The third-order valence-electron chi connectivity index (χ3n) is 2.94. The highest BCUT2D eigenvalue weighted by Gasteiger charge is 2.08. The van der Waals surface area contributed by atoms with E-state index >= 15 is 0 Å². The maximum atomic E-state index is 12.1. The van der Waals surface area contributed by atoms with Crippen molar-refractivity contribution < 1.29 is 4.79 Å². The lowest BCUT2D eigenvalue weighted by molar-refractivity contribution is 0.102. The second-order valence-electron chi connectivity index (χ2n) is 4.64. The summed E-state index contributed by atoms with van der Waals surface area (Å²) in [4.78, 5) is 12.1. The van der Waals surface area contributed by atoms with E-state index in [1.54, 1.807) is 0 Å². The molecular formula is C16H17NO. The molecule has 2 nitrogen and oxygen atoms in total. The molecule has 0 aliphatic carbocycles. The van der Waals surface area contributed by atoms with Gasteiger partial charge in [0.2, 0.25) is 0 Å². The fourth-order valence-electron chi connectivity index (χ4n) is 1.90. The molecule has 0 saturated heterocycles. The highest BCUT2D eigenvalue weighted by Crippen LogP contribution is 2.14. The molecule has 0 fully saturated rings. The Bertz CT molecular complexity index is 570. The molecule has 0 saturated carbocycles. The first kappa shape index (κ1) is 12.4. The summed E-state index contributed by atoms with van der Waals surface area (Å²) in [6.07, 6.45) is 0. The van der Waals surface area contributed by atoms with Gasteiger partial charge in [0.15, 0.2) is 0 Å². The van der Waals surface area contributed by atoms with Crippen LogP contribution in [0.3, 0.4) is 0 Å². The lowest BCUT2D eigenvalue weighted by Gasteiger charge is -2.08. The van der Waals surface area contributed by atoms with Gasteiger partial charge in [0.25, 0.3) is 5.91 Å². The molecule has 18 heavy (non-hydrogen) atoms. The van der Waals surface area contributed by atoms with Crippen LogP contribution in [0, 0.1) is 20.8 Å². The molecule has 0 unspecified atom stereocenters. The maximum Gasteiger partial charge on any atom is 0.255 e. The number of benzene rings is 2. The molecule has 2 rings (SSSR count). The van der Waals surface area contributed by atoms with Gasteiger partial charge in [-0.1, -0.05) is 35.4 Å². The van der Waals surface area contributed by atoms with Crippen molar-refractivity contribution >= 4 is 11.6 Å². The molecule has 1 amide bonds. The van der Waals surface area contributed by atoms with Gasteiger partial charge in [-0.3, -0.25) is 4.79 Å². The molecule has 0 bridgehead atoms. The molecule has 0 aliphatic heterocycles. The predicted octanol–water partition coefficient (Wildman–Crippen LogP) is 3.86. The molecule has 0 radical (unpaired) electrons. The van der Waals surface area contributed by atoms with Gasteiger partial charge in [0.1, 0.15) is 0 Å². The first-order valence-electron chi connectivity index (χ1n) is 6.01. The Morgan fingerprint density at radius 1 is 0.889 bits per heavy atom. The molecule has 2 heteroatoms. The van der Waals surface area contributed by atoms with Gasteiger partial charge in [-0.15, -0.1) is 0 Å². The Labute approximate surface area is 108 Å². The quantitative estimate of drug-likeness (QED) is 0.847. The number of amides is 1. The number of carbonyl (C=O) groups excluding carboxylic acids is 1. The number of anilines is 1. The molecule has 1 N–H and O–H groups in total. The van der Waals surface area contributed by atoms with E-state index in [0.717, 1.165) is 16.8 Å². The van der Waals surface area contributed by atoms with Crippen molar-refractivity contribution in [3.63, 3.8) is 0 Å². The van der Waals surface area contributed by atoms with E-state index in [0.29, 0.717) is 0 Å². The number of hydrogen-bond acceptors (Lipinski definition) is 1. The van der Waals surface area contributed by atoms with Gasteiger partial charge in [-0.2, -0.15) is 0 Å². The summed E-state index contributed by atoms with van der Waals surface area (Å²) >= 11 is 0. The summed E-state index contributed by atoms with van der Waals surface area (Å²) in [5, 5.41) is 2.91. The van der Waals surface area contributed by atoms with Gasteiger partial charge >= 0.3 is 0 Å². The van der Waals surface area contributed by atoms with Crippen LogP contribution in [0.2, 0.25) is 0 Å². The van der Waals surface area contributed by atoms with Crippen molar-refractivity contribution in [1.82, 2.24) is 0 Å². The standard InChI is InChI=1S/C16H17NO/c1-11-4-7-14(8-5-11)17-16(18)15-9-6-12(2)10-13(15)3/h4-10H,1-3H3,(H,17,18). The van der Waals surface area contributed by atoms with E-state index in [2.05, 4.69) is 5.32 Å². The lowest BCUT2D eigenvalue weighted by Crippen LogP contribution is -2.13. The molecule has 0 spiro atoms. The van der Waals surface area contributed by atoms with Gasteiger partial charge in [-0.25, -0.2) is 0 Å². The van der Waals surface area contributed by atoms with Gasteiger partial charge < -0.3 is 5.32 Å². The molecule has 0 aromatic heterocycles. The van der Waals surface area contributed by atoms with E-state index < -0.39 is 0 Å². The highest BCUT2D eigenvalue weighted by atomic mass is 16.1. The number of nitrogens with one attached hydrogen (secondary N) is 1. The van der Waals surface area contributed by atoms with Crippen molar-refractivity contribution in [2.45, 2.75) is 20.8 Å². The summed E-state index contributed by atoms with van der Waals surface area (Å²) in [5.41, 5.74) is 4.89. The van der Waals surface area contributed by atoms with Crippen LogP contribution in [-0.4, -0.2) is 5.91 Å².